The first kappa shape index (κ1) is 19.2. The molecule has 6 nitrogen and oxygen atoms in total. The van der Waals surface area contributed by atoms with Crippen LogP contribution in [-0.4, -0.2) is 61.9 Å². The average molecular weight is 386 g/mol. The van der Waals surface area contributed by atoms with Crippen molar-refractivity contribution in [3.05, 3.63) is 23.8 Å². The van der Waals surface area contributed by atoms with E-state index >= 15 is 0 Å². The number of nitrogens with zero attached hydrogens (tertiary/aromatic N) is 3. The minimum absolute atomic E-state index is 0.0639. The van der Waals surface area contributed by atoms with Gasteiger partial charge in [-0.3, -0.25) is 4.79 Å². The third-order valence-corrected chi connectivity index (χ3v) is 6.59. The van der Waals surface area contributed by atoms with Gasteiger partial charge in [0.05, 0.1) is 26.0 Å². The molecule has 0 N–H and O–H groups in total. The number of fused-ring (bicyclic) bond motifs is 1. The van der Waals surface area contributed by atoms with E-state index in [-0.39, 0.29) is 23.8 Å². The van der Waals surface area contributed by atoms with Crippen molar-refractivity contribution in [2.24, 2.45) is 16.9 Å². The van der Waals surface area contributed by atoms with Gasteiger partial charge in [0.2, 0.25) is 5.91 Å². The van der Waals surface area contributed by atoms with Crippen molar-refractivity contribution >= 4 is 11.6 Å². The molecule has 1 aromatic rings. The van der Waals surface area contributed by atoms with Gasteiger partial charge < -0.3 is 14.4 Å². The van der Waals surface area contributed by atoms with Gasteiger partial charge >= 0.3 is 0 Å². The van der Waals surface area contributed by atoms with Crippen LogP contribution in [0.5, 0.6) is 11.5 Å². The Morgan fingerprint density at radius 1 is 0.964 bits per heavy atom. The van der Waals surface area contributed by atoms with Crippen molar-refractivity contribution in [3.8, 4) is 11.5 Å². The number of carbonyl (C=O) groups excluding carboxylic acids is 1. The minimum Gasteiger partial charge on any atom is -0.493 e. The Bertz CT molecular complexity index is 755. The fourth-order valence-electron chi connectivity index (χ4n) is 4.93. The van der Waals surface area contributed by atoms with E-state index in [9.17, 15) is 4.79 Å². The highest BCUT2D eigenvalue weighted by atomic mass is 16.5. The molecule has 1 saturated carbocycles. The number of hydrogen-bond donors (Lipinski definition) is 0. The van der Waals surface area contributed by atoms with Gasteiger partial charge in [0.15, 0.2) is 11.5 Å². The van der Waals surface area contributed by atoms with Crippen LogP contribution < -0.4 is 9.47 Å². The number of amides is 1. The Balaban J connectivity index is 1.72. The highest BCUT2D eigenvalue weighted by molar-refractivity contribution is 6.07. The van der Waals surface area contributed by atoms with E-state index in [2.05, 4.69) is 18.0 Å². The van der Waals surface area contributed by atoms with Crippen molar-refractivity contribution in [2.75, 3.05) is 34.4 Å². The third kappa shape index (κ3) is 3.50. The molecular weight excluding hydrogens is 354 g/mol. The van der Waals surface area contributed by atoms with Gasteiger partial charge in [-0.1, -0.05) is 12.8 Å². The summed E-state index contributed by atoms with van der Waals surface area (Å²) < 4.78 is 10.9. The average Bonchev–Trinajstić information content (AvgIpc) is 2.74. The molecule has 2 fully saturated rings. The zero-order valence-electron chi connectivity index (χ0n) is 17.2. The molecule has 0 radical (unpaired) electrons. The summed E-state index contributed by atoms with van der Waals surface area (Å²) in [6, 6.07) is 6.20. The van der Waals surface area contributed by atoms with Gasteiger partial charge in [0.25, 0.3) is 0 Å². The van der Waals surface area contributed by atoms with Crippen molar-refractivity contribution < 1.29 is 14.3 Å². The second kappa shape index (κ2) is 8.11. The minimum atomic E-state index is 0.0639. The smallest absolute Gasteiger partial charge is 0.246 e. The summed E-state index contributed by atoms with van der Waals surface area (Å²) in [4.78, 5) is 15.6. The predicted octanol–water partition coefficient (Wildman–Crippen LogP) is 3.15. The van der Waals surface area contributed by atoms with Crippen LogP contribution in [0, 0.1) is 11.8 Å². The lowest BCUT2D eigenvalue weighted by Gasteiger charge is -2.43. The Morgan fingerprint density at radius 2 is 1.64 bits per heavy atom. The molecule has 1 amide bonds. The molecule has 2 heterocycles. The van der Waals surface area contributed by atoms with Crippen molar-refractivity contribution in [3.63, 3.8) is 0 Å². The van der Waals surface area contributed by atoms with Crippen molar-refractivity contribution in [2.45, 2.75) is 44.6 Å². The number of rotatable bonds is 4. The molecule has 2 aliphatic heterocycles. The summed E-state index contributed by atoms with van der Waals surface area (Å²) in [6.45, 7) is 2.04. The summed E-state index contributed by atoms with van der Waals surface area (Å²) in [7, 11) is 5.44. The topological polar surface area (TPSA) is 54.4 Å². The Morgan fingerprint density at radius 3 is 2.32 bits per heavy atom. The van der Waals surface area contributed by atoms with Crippen LogP contribution in [-0.2, 0) is 4.79 Å². The first-order valence-electron chi connectivity index (χ1n) is 10.4. The van der Waals surface area contributed by atoms with Crippen molar-refractivity contribution in [1.82, 2.24) is 9.91 Å². The fourth-order valence-corrected chi connectivity index (χ4v) is 4.93. The monoisotopic (exact) mass is 385 g/mol. The second-order valence-electron chi connectivity index (χ2n) is 8.27. The van der Waals surface area contributed by atoms with E-state index in [1.807, 2.05) is 17.1 Å². The normalized spacial score (nSPS) is 26.6. The van der Waals surface area contributed by atoms with Crippen LogP contribution in [0.2, 0.25) is 0 Å². The molecule has 0 unspecified atom stereocenters. The van der Waals surface area contributed by atoms with Gasteiger partial charge in [0.1, 0.15) is 0 Å². The first-order valence-corrected chi connectivity index (χ1v) is 10.4. The van der Waals surface area contributed by atoms with E-state index in [1.54, 1.807) is 14.2 Å². The molecule has 3 aliphatic rings. The molecule has 0 spiro atoms. The lowest BCUT2D eigenvalue weighted by molar-refractivity contribution is -0.142. The maximum absolute atomic E-state index is 13.3. The van der Waals surface area contributed by atoms with Crippen LogP contribution in [0.4, 0.5) is 0 Å². The van der Waals surface area contributed by atoms with Crippen LogP contribution in [0.3, 0.4) is 0 Å². The quantitative estimate of drug-likeness (QED) is 0.799. The summed E-state index contributed by atoms with van der Waals surface area (Å²) in [5.41, 5.74) is 2.09. The van der Waals surface area contributed by atoms with Crippen LogP contribution >= 0.6 is 0 Å². The highest BCUT2D eigenvalue weighted by Gasteiger charge is 2.43. The van der Waals surface area contributed by atoms with Crippen molar-refractivity contribution in [1.29, 1.82) is 0 Å². The van der Waals surface area contributed by atoms with Gasteiger partial charge in [-0.25, -0.2) is 5.01 Å². The van der Waals surface area contributed by atoms with E-state index < -0.39 is 0 Å². The van der Waals surface area contributed by atoms with Gasteiger partial charge in [-0.05, 0) is 64.0 Å². The molecule has 1 aromatic carbocycles. The van der Waals surface area contributed by atoms with Crippen LogP contribution in [0.25, 0.3) is 0 Å². The van der Waals surface area contributed by atoms with E-state index in [0.717, 1.165) is 62.9 Å². The van der Waals surface area contributed by atoms with Gasteiger partial charge in [-0.2, -0.15) is 5.10 Å². The molecule has 0 bridgehead atoms. The summed E-state index contributed by atoms with van der Waals surface area (Å²) >= 11 is 0. The number of likely N-dealkylation sites (tertiary alicyclic amines) is 1. The molecule has 152 valence electrons. The Hall–Kier alpha value is -2.08. The molecule has 1 saturated heterocycles. The SMILES string of the molecule is COc1ccc(C2=NN(C3CCN(C)CC3)C(=O)[C@@H]3CCCC[C@H]23)cc1OC. The second-order valence-corrected chi connectivity index (χ2v) is 8.27. The van der Waals surface area contributed by atoms with Crippen LogP contribution in [0.15, 0.2) is 23.3 Å². The summed E-state index contributed by atoms with van der Waals surface area (Å²) in [5, 5.41) is 6.82. The largest absolute Gasteiger partial charge is 0.493 e. The van der Waals surface area contributed by atoms with E-state index in [0.29, 0.717) is 11.5 Å². The number of hydrazone groups is 1. The third-order valence-electron chi connectivity index (χ3n) is 6.59. The standard InChI is InChI=1S/C22H31N3O3/c1-24-12-10-16(11-13-24)25-22(26)18-7-5-4-6-17(18)21(23-25)15-8-9-19(27-2)20(14-15)28-3/h8-9,14,16-18H,4-7,10-13H2,1-3H3/t17-,18+/m0/s1. The molecule has 0 aromatic heterocycles. The Kier molecular flexibility index (Phi) is 5.58. The lowest BCUT2D eigenvalue weighted by atomic mass is 9.73. The Labute approximate surface area is 167 Å². The zero-order valence-corrected chi connectivity index (χ0v) is 17.2. The molecule has 4 rings (SSSR count). The van der Waals surface area contributed by atoms with E-state index in [4.69, 9.17) is 14.6 Å². The molecule has 2 atom stereocenters. The lowest BCUT2D eigenvalue weighted by Crippen LogP contribution is -2.52. The van der Waals surface area contributed by atoms with Crippen LogP contribution in [0.1, 0.15) is 44.1 Å². The van der Waals surface area contributed by atoms with Gasteiger partial charge in [-0.15, -0.1) is 0 Å². The van der Waals surface area contributed by atoms with Gasteiger partial charge in [0, 0.05) is 17.4 Å². The number of carbonyl (C=O) groups is 1. The summed E-state index contributed by atoms with van der Waals surface area (Å²) in [5.74, 6) is 1.93. The predicted molar refractivity (Wildman–Crippen MR) is 109 cm³/mol. The fraction of sp³-hybridized carbons (Fsp3) is 0.636. The number of methoxy groups -OCH3 is 2. The number of hydrogen-bond acceptors (Lipinski definition) is 5. The number of ether oxygens (including phenoxy) is 2. The molecule has 1 aliphatic carbocycles. The molecule has 6 heteroatoms. The molecule has 28 heavy (non-hydrogen) atoms. The first-order chi connectivity index (χ1) is 13.6. The zero-order chi connectivity index (χ0) is 19.7. The maximum Gasteiger partial charge on any atom is 0.246 e. The van der Waals surface area contributed by atoms with E-state index in [1.165, 1.54) is 0 Å². The molecular formula is C22H31N3O3. The number of benzene rings is 1. The highest BCUT2D eigenvalue weighted by Crippen LogP contribution is 2.40. The number of piperidine rings is 1. The summed E-state index contributed by atoms with van der Waals surface area (Å²) in [6.07, 6.45) is 6.27. The maximum atomic E-state index is 13.3.